The zero-order valence-corrected chi connectivity index (χ0v) is 17.3. The summed E-state index contributed by atoms with van der Waals surface area (Å²) in [4.78, 5) is -0.189. The fourth-order valence-corrected chi connectivity index (χ4v) is 3.76. The number of hydrogen-bond acceptors (Lipinski definition) is 5. The molecule has 0 radical (unpaired) electrons. The van der Waals surface area contributed by atoms with Crippen molar-refractivity contribution in [2.45, 2.75) is 24.5 Å². The average molecular weight is 450 g/mol. The van der Waals surface area contributed by atoms with E-state index >= 15 is 0 Å². The van der Waals surface area contributed by atoms with Crippen LogP contribution >= 0.6 is 0 Å². The maximum Gasteiger partial charge on any atom is 0.433 e. The van der Waals surface area contributed by atoms with Crippen LogP contribution in [-0.2, 0) is 22.7 Å². The van der Waals surface area contributed by atoms with Crippen molar-refractivity contribution in [1.29, 1.82) is 5.26 Å². The van der Waals surface area contributed by atoms with Gasteiger partial charge in [-0.25, -0.2) is 18.2 Å². The van der Waals surface area contributed by atoms with Gasteiger partial charge in [-0.05, 0) is 42.3 Å². The van der Waals surface area contributed by atoms with Gasteiger partial charge in [0.1, 0.15) is 18.0 Å². The summed E-state index contributed by atoms with van der Waals surface area (Å²) in [6.45, 7) is 1.07. The van der Waals surface area contributed by atoms with Gasteiger partial charge in [0.2, 0.25) is 10.0 Å². The zero-order chi connectivity index (χ0) is 23.0. The molecule has 0 bridgehead atoms. The number of aromatic nitrogens is 2. The van der Waals surface area contributed by atoms with Crippen LogP contribution in [0.3, 0.4) is 0 Å². The number of aryl methyl sites for hydroxylation is 1. The number of primary sulfonamides is 1. The summed E-state index contributed by atoms with van der Waals surface area (Å²) in [5.74, 6) is 0.501. The van der Waals surface area contributed by atoms with Crippen molar-refractivity contribution in [3.05, 3.63) is 53.7 Å². The fraction of sp³-hybridized carbons (Fsp3) is 0.200. The molecular formula is C20H17F3N4O3S. The maximum atomic E-state index is 14.0. The first-order chi connectivity index (χ1) is 14.5. The Morgan fingerprint density at radius 1 is 1.16 bits per heavy atom. The highest BCUT2D eigenvalue weighted by atomic mass is 32.2. The van der Waals surface area contributed by atoms with E-state index in [0.717, 1.165) is 0 Å². The Morgan fingerprint density at radius 2 is 1.77 bits per heavy atom. The number of nitrogens with two attached hydrogens (primary N) is 1. The molecule has 7 nitrogen and oxygen atoms in total. The number of rotatable bonds is 5. The molecule has 0 atom stereocenters. The average Bonchev–Trinajstić information content (AvgIpc) is 3.07. The molecule has 0 fully saturated rings. The van der Waals surface area contributed by atoms with Gasteiger partial charge in [-0.3, -0.25) is 0 Å². The second-order valence-electron chi connectivity index (χ2n) is 6.64. The van der Waals surface area contributed by atoms with Gasteiger partial charge in [-0.15, -0.1) is 0 Å². The van der Waals surface area contributed by atoms with Gasteiger partial charge in [0.25, 0.3) is 0 Å². The predicted octanol–water partition coefficient (Wildman–Crippen LogP) is 3.72. The van der Waals surface area contributed by atoms with Crippen molar-refractivity contribution < 1.29 is 26.3 Å². The highest BCUT2D eigenvalue weighted by molar-refractivity contribution is 7.89. The summed E-state index contributed by atoms with van der Waals surface area (Å²) in [7, 11) is -2.52. The maximum absolute atomic E-state index is 14.0. The van der Waals surface area contributed by atoms with Crippen molar-refractivity contribution >= 4 is 10.0 Å². The molecule has 162 valence electrons. The van der Waals surface area contributed by atoms with Gasteiger partial charge in [-0.1, -0.05) is 18.2 Å². The summed E-state index contributed by atoms with van der Waals surface area (Å²) in [5, 5.41) is 18.1. The monoisotopic (exact) mass is 450 g/mol. The van der Waals surface area contributed by atoms with E-state index in [1.807, 2.05) is 0 Å². The first-order valence-electron chi connectivity index (χ1n) is 8.80. The number of methoxy groups -OCH3 is 1. The smallest absolute Gasteiger partial charge is 0.433 e. The number of nitriles is 1. The topological polar surface area (TPSA) is 111 Å². The molecular weight excluding hydrogens is 433 g/mol. The second-order valence-corrected chi connectivity index (χ2v) is 8.20. The molecule has 3 rings (SSSR count). The Hall–Kier alpha value is -3.36. The predicted molar refractivity (Wildman–Crippen MR) is 106 cm³/mol. The van der Waals surface area contributed by atoms with Gasteiger partial charge in [0.05, 0.1) is 18.1 Å². The normalized spacial score (nSPS) is 11.9. The first-order valence-corrected chi connectivity index (χ1v) is 10.3. The van der Waals surface area contributed by atoms with Gasteiger partial charge >= 0.3 is 6.18 Å². The molecule has 0 aliphatic rings. The van der Waals surface area contributed by atoms with Crippen molar-refractivity contribution in [1.82, 2.24) is 9.78 Å². The molecule has 2 N–H and O–H groups in total. The lowest BCUT2D eigenvalue weighted by Crippen LogP contribution is -2.15. The van der Waals surface area contributed by atoms with Gasteiger partial charge in [0, 0.05) is 11.1 Å². The van der Waals surface area contributed by atoms with Crippen LogP contribution in [0.4, 0.5) is 13.2 Å². The molecule has 0 saturated heterocycles. The molecule has 0 aliphatic heterocycles. The number of nitrogens with zero attached hydrogens (tertiary/aromatic N) is 3. The van der Waals surface area contributed by atoms with Crippen molar-refractivity contribution in [3.8, 4) is 34.2 Å². The third-order valence-electron chi connectivity index (χ3n) is 4.58. The lowest BCUT2D eigenvalue weighted by molar-refractivity contribution is -0.143. The molecule has 2 aromatic carbocycles. The molecule has 0 spiro atoms. The van der Waals surface area contributed by atoms with Crippen LogP contribution in [0.5, 0.6) is 5.75 Å². The van der Waals surface area contributed by atoms with E-state index in [1.54, 1.807) is 19.1 Å². The minimum atomic E-state index is -4.80. The van der Waals surface area contributed by atoms with Crippen LogP contribution in [0.1, 0.15) is 11.3 Å². The first kappa shape index (κ1) is 22.3. The van der Waals surface area contributed by atoms with Crippen molar-refractivity contribution in [2.24, 2.45) is 5.14 Å². The summed E-state index contributed by atoms with van der Waals surface area (Å²) >= 11 is 0. The number of benzene rings is 2. The molecule has 31 heavy (non-hydrogen) atoms. The van der Waals surface area contributed by atoms with Crippen LogP contribution in [0.15, 0.2) is 47.4 Å². The van der Waals surface area contributed by atoms with Gasteiger partial charge in [0.15, 0.2) is 5.69 Å². The van der Waals surface area contributed by atoms with E-state index in [9.17, 15) is 21.6 Å². The molecule has 0 aliphatic carbocycles. The van der Waals surface area contributed by atoms with E-state index in [4.69, 9.17) is 15.1 Å². The second kappa shape index (κ2) is 8.05. The summed E-state index contributed by atoms with van der Waals surface area (Å²) < 4.78 is 70.9. The molecule has 0 unspecified atom stereocenters. The Labute approximate surface area is 176 Å². The van der Waals surface area contributed by atoms with Gasteiger partial charge in [-0.2, -0.15) is 23.5 Å². The van der Waals surface area contributed by atoms with Crippen molar-refractivity contribution in [2.75, 3.05) is 7.11 Å². The molecule has 1 heterocycles. The summed E-state index contributed by atoms with van der Waals surface area (Å²) in [6, 6.07) is 11.2. The van der Waals surface area contributed by atoms with Crippen molar-refractivity contribution in [3.63, 3.8) is 0 Å². The molecule has 0 saturated carbocycles. The van der Waals surface area contributed by atoms with Crippen LogP contribution in [0.25, 0.3) is 22.4 Å². The van der Waals surface area contributed by atoms with E-state index in [2.05, 4.69) is 5.10 Å². The highest BCUT2D eigenvalue weighted by Crippen LogP contribution is 2.43. The highest BCUT2D eigenvalue weighted by Gasteiger charge is 2.40. The largest absolute Gasteiger partial charge is 0.496 e. The minimum absolute atomic E-state index is 0.0480. The number of ether oxygens (including phenoxy) is 1. The Kier molecular flexibility index (Phi) is 5.80. The number of hydrogen-bond donors (Lipinski definition) is 1. The van der Waals surface area contributed by atoms with Crippen LogP contribution in [0.2, 0.25) is 0 Å². The Balaban J connectivity index is 2.33. The Morgan fingerprint density at radius 3 is 2.26 bits per heavy atom. The van der Waals surface area contributed by atoms with E-state index in [0.29, 0.717) is 16.0 Å². The molecule has 0 amide bonds. The molecule has 11 heteroatoms. The number of sulfonamides is 1. The number of halogens is 3. The lowest BCUT2D eigenvalue weighted by atomic mass is 9.97. The minimum Gasteiger partial charge on any atom is -0.496 e. The Bertz CT molecular complexity index is 1270. The molecule has 3 aromatic rings. The summed E-state index contributed by atoms with van der Waals surface area (Å²) in [6.07, 6.45) is -4.80. The zero-order valence-electron chi connectivity index (χ0n) is 16.4. The SMILES string of the molecule is COc1ccc(-c2c(-c3ccc(S(N)(=O)=O)cc3)nn(CC#N)c2C(F)(F)F)cc1C. The number of alkyl halides is 3. The fourth-order valence-electron chi connectivity index (χ4n) is 3.24. The van der Waals surface area contributed by atoms with E-state index in [-0.39, 0.29) is 27.3 Å². The van der Waals surface area contributed by atoms with Crippen LogP contribution in [-0.4, -0.2) is 25.3 Å². The lowest BCUT2D eigenvalue weighted by Gasteiger charge is -2.13. The standard InChI is InChI=1S/C20H17F3N4O3S/c1-12-11-14(5-8-16(12)30-2)17-18(13-3-6-15(7-4-13)31(25,28)29)26-27(10-9-24)19(17)20(21,22)23/h3-8,11H,10H2,1-2H3,(H2,25,28,29). The summed E-state index contributed by atoms with van der Waals surface area (Å²) in [5.41, 5.74) is -0.288. The third-order valence-corrected chi connectivity index (χ3v) is 5.51. The van der Waals surface area contributed by atoms with E-state index < -0.39 is 28.4 Å². The quantitative estimate of drug-likeness (QED) is 0.637. The van der Waals surface area contributed by atoms with Gasteiger partial charge < -0.3 is 4.74 Å². The van der Waals surface area contributed by atoms with Crippen LogP contribution in [0, 0.1) is 18.3 Å². The molecule has 1 aromatic heterocycles. The van der Waals surface area contributed by atoms with Crippen LogP contribution < -0.4 is 9.88 Å². The van der Waals surface area contributed by atoms with E-state index in [1.165, 1.54) is 43.5 Å². The third kappa shape index (κ3) is 4.40.